The van der Waals surface area contributed by atoms with Crippen LogP contribution in [-0.2, 0) is 13.6 Å². The van der Waals surface area contributed by atoms with Crippen molar-refractivity contribution in [2.24, 2.45) is 7.05 Å². The minimum Gasteiger partial charge on any atom is -0.350 e. The summed E-state index contributed by atoms with van der Waals surface area (Å²) in [5.74, 6) is -0.415. The Balaban J connectivity index is 1.66. The van der Waals surface area contributed by atoms with Crippen molar-refractivity contribution in [3.63, 3.8) is 0 Å². The lowest BCUT2D eigenvalue weighted by Gasteiger charge is -2.09. The molecule has 0 unspecified atom stereocenters. The number of hydrogen-bond acceptors (Lipinski definition) is 3. The van der Waals surface area contributed by atoms with Crippen LogP contribution in [0.3, 0.4) is 0 Å². The van der Waals surface area contributed by atoms with Crippen LogP contribution in [-0.4, -0.2) is 49.4 Å². The summed E-state index contributed by atoms with van der Waals surface area (Å²) in [5.41, 5.74) is 2.35. The van der Waals surface area contributed by atoms with Crippen molar-refractivity contribution in [3.05, 3.63) is 70.9 Å². The number of aromatic nitrogens is 5. The number of aryl methyl sites for hydroxylation is 2. The number of benzene rings is 2. The molecule has 0 fully saturated rings. The average molecular weight is 465 g/mol. The van der Waals surface area contributed by atoms with E-state index in [0.29, 0.717) is 27.8 Å². The molecule has 0 aliphatic carbocycles. The van der Waals surface area contributed by atoms with Crippen LogP contribution in [0.2, 0.25) is 0 Å². The van der Waals surface area contributed by atoms with E-state index in [9.17, 15) is 13.6 Å². The van der Waals surface area contributed by atoms with Crippen LogP contribution in [0.5, 0.6) is 0 Å². The number of halogens is 2. The first-order valence-corrected chi connectivity index (χ1v) is 11.2. The lowest BCUT2D eigenvalue weighted by Crippen LogP contribution is -2.15. The van der Waals surface area contributed by atoms with Crippen LogP contribution in [0.1, 0.15) is 12.8 Å². The summed E-state index contributed by atoms with van der Waals surface area (Å²) in [5, 5.41) is 8.05. The summed E-state index contributed by atoms with van der Waals surface area (Å²) in [6.45, 7) is 1.71. The van der Waals surface area contributed by atoms with Gasteiger partial charge in [-0.1, -0.05) is 0 Å². The maximum Gasteiger partial charge on any atom is 0.348 e. The maximum absolute atomic E-state index is 14.3. The molecule has 0 amide bonds. The average Bonchev–Trinajstić information content (AvgIpc) is 3.44. The summed E-state index contributed by atoms with van der Waals surface area (Å²) >= 11 is 0. The molecule has 9 heteroatoms. The smallest absolute Gasteiger partial charge is 0.348 e. The van der Waals surface area contributed by atoms with Crippen molar-refractivity contribution < 1.29 is 8.78 Å². The molecule has 34 heavy (non-hydrogen) atoms. The number of fused-ring (bicyclic) bond motifs is 2. The van der Waals surface area contributed by atoms with E-state index in [0.717, 1.165) is 37.0 Å². The molecule has 0 aliphatic heterocycles. The quantitative estimate of drug-likeness (QED) is 0.366. The molecule has 3 heterocycles. The van der Waals surface area contributed by atoms with Gasteiger partial charge in [-0.05, 0) is 69.9 Å². The molecule has 2 aromatic carbocycles. The van der Waals surface area contributed by atoms with Crippen molar-refractivity contribution in [1.29, 1.82) is 0 Å². The molecule has 0 radical (unpaired) electrons. The van der Waals surface area contributed by atoms with Crippen molar-refractivity contribution in [1.82, 2.24) is 28.8 Å². The van der Waals surface area contributed by atoms with Crippen molar-refractivity contribution in [2.75, 3.05) is 20.6 Å². The number of H-pyrrole nitrogens is 1. The van der Waals surface area contributed by atoms with E-state index < -0.39 is 5.69 Å². The summed E-state index contributed by atoms with van der Waals surface area (Å²) in [6, 6.07) is 9.12. The molecule has 5 aromatic rings. The van der Waals surface area contributed by atoms with Gasteiger partial charge in [0.25, 0.3) is 0 Å². The van der Waals surface area contributed by atoms with Gasteiger partial charge in [0.05, 0.1) is 11.2 Å². The van der Waals surface area contributed by atoms with Crippen molar-refractivity contribution >= 4 is 21.8 Å². The van der Waals surface area contributed by atoms with Gasteiger partial charge in [0.1, 0.15) is 11.6 Å². The van der Waals surface area contributed by atoms with Gasteiger partial charge >= 0.3 is 5.69 Å². The number of aromatic amines is 1. The van der Waals surface area contributed by atoms with Gasteiger partial charge in [-0.2, -0.15) is 5.10 Å². The molecule has 5 rings (SSSR count). The zero-order valence-corrected chi connectivity index (χ0v) is 19.3. The van der Waals surface area contributed by atoms with E-state index in [4.69, 9.17) is 0 Å². The Morgan fingerprint density at radius 3 is 2.41 bits per heavy atom. The number of nitrogens with zero attached hydrogens (tertiary/aromatic N) is 5. The molecule has 3 aromatic heterocycles. The van der Waals surface area contributed by atoms with Crippen molar-refractivity contribution in [2.45, 2.75) is 19.4 Å². The van der Waals surface area contributed by atoms with Gasteiger partial charge in [0, 0.05) is 47.8 Å². The lowest BCUT2D eigenvalue weighted by atomic mass is 10.1. The topological polar surface area (TPSA) is 63.8 Å². The molecule has 0 saturated heterocycles. The first kappa shape index (κ1) is 22.1. The first-order valence-electron chi connectivity index (χ1n) is 11.2. The van der Waals surface area contributed by atoms with Gasteiger partial charge in [-0.3, -0.25) is 0 Å². The Hall–Kier alpha value is -3.72. The summed E-state index contributed by atoms with van der Waals surface area (Å²) < 4.78 is 33.7. The second-order valence-electron chi connectivity index (χ2n) is 8.88. The molecule has 0 atom stereocenters. The van der Waals surface area contributed by atoms with Gasteiger partial charge in [-0.15, -0.1) is 0 Å². The van der Waals surface area contributed by atoms with E-state index in [2.05, 4.69) is 15.1 Å². The molecular formula is C25H26F2N6O. The third-order valence-electron chi connectivity index (χ3n) is 6.18. The first-order chi connectivity index (χ1) is 16.3. The second kappa shape index (κ2) is 8.57. The highest BCUT2D eigenvalue weighted by Crippen LogP contribution is 2.33. The zero-order valence-electron chi connectivity index (χ0n) is 19.3. The molecule has 0 bridgehead atoms. The van der Waals surface area contributed by atoms with Gasteiger partial charge in [0.2, 0.25) is 0 Å². The Bertz CT molecular complexity index is 1560. The second-order valence-corrected chi connectivity index (χ2v) is 8.88. The molecular weight excluding hydrogens is 438 g/mol. The van der Waals surface area contributed by atoms with Crippen LogP contribution in [0.4, 0.5) is 8.78 Å². The third kappa shape index (κ3) is 3.81. The van der Waals surface area contributed by atoms with Gasteiger partial charge in [-0.25, -0.2) is 23.2 Å². The zero-order chi connectivity index (χ0) is 24.0. The highest BCUT2D eigenvalue weighted by atomic mass is 19.1. The van der Waals surface area contributed by atoms with Gasteiger partial charge in [0.15, 0.2) is 5.82 Å². The summed E-state index contributed by atoms with van der Waals surface area (Å²) in [7, 11) is 5.93. The van der Waals surface area contributed by atoms with Crippen LogP contribution in [0.25, 0.3) is 38.9 Å². The number of rotatable bonds is 7. The number of unbranched alkanes of at least 4 members (excludes halogenated alkanes) is 1. The summed E-state index contributed by atoms with van der Waals surface area (Å²) in [6.07, 6.45) is 5.64. The maximum atomic E-state index is 14.3. The Morgan fingerprint density at radius 1 is 0.971 bits per heavy atom. The van der Waals surface area contributed by atoms with Crippen molar-refractivity contribution in [3.8, 4) is 17.1 Å². The minimum atomic E-state index is -0.445. The standard InChI is InChI=1S/C25H26F2N6O/c1-30(2)10-4-5-11-32-15-23(19-13-17(27)7-9-22(19)32)33-24(28-29-25(33)34)20-14-31(3)21-8-6-16(26)12-18(20)21/h6-9,12-15H,4-5,10-11H2,1-3H3,(H,29,34). The molecule has 0 saturated carbocycles. The van der Waals surface area contributed by atoms with E-state index in [1.165, 1.54) is 28.8 Å². The molecule has 1 N–H and O–H groups in total. The van der Waals surface area contributed by atoms with Crippen LogP contribution in [0, 0.1) is 11.6 Å². The highest BCUT2D eigenvalue weighted by molar-refractivity contribution is 5.96. The predicted octanol–water partition coefficient (Wildman–Crippen LogP) is 4.29. The van der Waals surface area contributed by atoms with E-state index in [1.54, 1.807) is 12.1 Å². The highest BCUT2D eigenvalue weighted by Gasteiger charge is 2.21. The third-order valence-corrected chi connectivity index (χ3v) is 6.18. The SMILES string of the molecule is CN(C)CCCCn1cc(-n2c(-c3cn(C)c4ccc(F)cc34)n[nH]c2=O)c2cc(F)ccc21. The molecule has 0 spiro atoms. The Morgan fingerprint density at radius 2 is 1.68 bits per heavy atom. The van der Waals surface area contributed by atoms with Crippen LogP contribution >= 0.6 is 0 Å². The largest absolute Gasteiger partial charge is 0.350 e. The van der Waals surface area contributed by atoms with Crippen LogP contribution in [0.15, 0.2) is 53.6 Å². The van der Waals surface area contributed by atoms with Gasteiger partial charge < -0.3 is 14.0 Å². The van der Waals surface area contributed by atoms with Crippen LogP contribution < -0.4 is 5.69 Å². The molecule has 7 nitrogen and oxygen atoms in total. The fourth-order valence-electron chi connectivity index (χ4n) is 4.57. The van der Waals surface area contributed by atoms with E-state index in [-0.39, 0.29) is 11.6 Å². The fourth-order valence-corrected chi connectivity index (χ4v) is 4.57. The lowest BCUT2D eigenvalue weighted by molar-refractivity contribution is 0.388. The molecule has 0 aliphatic rings. The fraction of sp³-hybridized carbons (Fsp3) is 0.280. The van der Waals surface area contributed by atoms with E-state index >= 15 is 0 Å². The Labute approximate surface area is 194 Å². The predicted molar refractivity (Wildman–Crippen MR) is 129 cm³/mol. The Kier molecular flexibility index (Phi) is 5.57. The summed E-state index contributed by atoms with van der Waals surface area (Å²) in [4.78, 5) is 15.1. The molecule has 176 valence electrons. The minimum absolute atomic E-state index is 0.345. The number of nitrogens with one attached hydrogen (secondary N) is 1. The number of hydrogen-bond donors (Lipinski definition) is 1. The van der Waals surface area contributed by atoms with E-state index in [1.807, 2.05) is 42.7 Å². The monoisotopic (exact) mass is 464 g/mol. The normalized spacial score (nSPS) is 11.9.